The molecule has 0 aromatic heterocycles. The maximum atomic E-state index is 12.0. The van der Waals surface area contributed by atoms with Crippen molar-refractivity contribution in [3.05, 3.63) is 48.0 Å². The Bertz CT molecular complexity index is 489. The maximum absolute atomic E-state index is 12.0. The summed E-state index contributed by atoms with van der Waals surface area (Å²) in [6.45, 7) is 3.61. The van der Waals surface area contributed by atoms with Crippen molar-refractivity contribution in [1.29, 1.82) is 5.26 Å². The van der Waals surface area contributed by atoms with Gasteiger partial charge in [0.2, 0.25) is 0 Å². The number of nitriles is 1. The van der Waals surface area contributed by atoms with Crippen LogP contribution < -0.4 is 5.32 Å². The molecule has 4 nitrogen and oxygen atoms in total. The first-order valence-corrected chi connectivity index (χ1v) is 5.57. The number of carbonyl (C=O) groups is 2. The fourth-order valence-corrected chi connectivity index (χ4v) is 1.52. The molecule has 4 heteroatoms. The Morgan fingerprint density at radius 2 is 2.22 bits per heavy atom. The lowest BCUT2D eigenvalue weighted by atomic mass is 10.1. The van der Waals surface area contributed by atoms with Crippen LogP contribution >= 0.6 is 0 Å². The number of carbonyl (C=O) groups excluding carboxylic acids is 2. The van der Waals surface area contributed by atoms with Crippen LogP contribution in [0.1, 0.15) is 33.6 Å². The van der Waals surface area contributed by atoms with Crippen LogP contribution in [0.15, 0.2) is 36.9 Å². The Morgan fingerprint density at radius 1 is 1.50 bits per heavy atom. The maximum Gasteiger partial charge on any atom is 0.252 e. The lowest BCUT2D eigenvalue weighted by Gasteiger charge is -2.13. The van der Waals surface area contributed by atoms with Crippen molar-refractivity contribution < 1.29 is 9.59 Å². The van der Waals surface area contributed by atoms with Gasteiger partial charge in [-0.25, -0.2) is 0 Å². The van der Waals surface area contributed by atoms with Gasteiger partial charge < -0.3 is 5.32 Å². The number of nitrogens with zero attached hydrogens (tertiary/aromatic N) is 1. The van der Waals surface area contributed by atoms with Crippen LogP contribution in [0, 0.1) is 11.3 Å². The second-order valence-corrected chi connectivity index (χ2v) is 3.72. The Morgan fingerprint density at radius 3 is 2.83 bits per heavy atom. The summed E-state index contributed by atoms with van der Waals surface area (Å²) in [5, 5.41) is 11.2. The topological polar surface area (TPSA) is 70.0 Å². The molecule has 1 rings (SSSR count). The highest BCUT2D eigenvalue weighted by atomic mass is 16.2. The van der Waals surface area contributed by atoms with Crippen LogP contribution in [0.5, 0.6) is 0 Å². The van der Waals surface area contributed by atoms with Crippen LogP contribution in [0.4, 0.5) is 0 Å². The molecule has 92 valence electrons. The minimum Gasteiger partial charge on any atom is -0.346 e. The number of benzene rings is 1. The predicted molar refractivity (Wildman–Crippen MR) is 68.1 cm³/mol. The van der Waals surface area contributed by atoms with E-state index < -0.39 is 0 Å². The van der Waals surface area contributed by atoms with Crippen molar-refractivity contribution in [1.82, 2.24) is 5.32 Å². The van der Waals surface area contributed by atoms with Crippen molar-refractivity contribution in [2.75, 3.05) is 0 Å². The first kappa shape index (κ1) is 13.7. The summed E-state index contributed by atoms with van der Waals surface area (Å²) in [6, 6.07) is 8.31. The highest BCUT2D eigenvalue weighted by molar-refractivity contribution is 6.01. The van der Waals surface area contributed by atoms with E-state index in [9.17, 15) is 9.59 Å². The molecule has 0 fully saturated rings. The lowest BCUT2D eigenvalue weighted by Crippen LogP contribution is -2.33. The second kappa shape index (κ2) is 7.02. The van der Waals surface area contributed by atoms with Gasteiger partial charge in [0, 0.05) is 23.6 Å². The molecule has 1 amide bonds. The summed E-state index contributed by atoms with van der Waals surface area (Å²) in [7, 11) is 0. The van der Waals surface area contributed by atoms with Gasteiger partial charge in [0.05, 0.1) is 6.07 Å². The first-order valence-electron chi connectivity index (χ1n) is 5.57. The van der Waals surface area contributed by atoms with E-state index in [4.69, 9.17) is 5.26 Å². The Labute approximate surface area is 106 Å². The zero-order valence-electron chi connectivity index (χ0n) is 9.93. The van der Waals surface area contributed by atoms with Gasteiger partial charge in [-0.05, 0) is 12.5 Å². The lowest BCUT2D eigenvalue weighted by molar-refractivity contribution is 0.0938. The Balaban J connectivity index is 2.78. The molecular weight excluding hydrogens is 228 g/mol. The van der Waals surface area contributed by atoms with Crippen LogP contribution in [-0.4, -0.2) is 18.2 Å². The number of amides is 1. The SMILES string of the molecule is C=CC(CCC#N)NC(=O)c1ccccc1C=O. The van der Waals surface area contributed by atoms with Crippen molar-refractivity contribution in [2.24, 2.45) is 0 Å². The van der Waals surface area contributed by atoms with Crippen LogP contribution in [0.3, 0.4) is 0 Å². The van der Waals surface area contributed by atoms with Crippen LogP contribution in [0.2, 0.25) is 0 Å². The minimum absolute atomic E-state index is 0.267. The third kappa shape index (κ3) is 3.56. The van der Waals surface area contributed by atoms with Crippen molar-refractivity contribution >= 4 is 12.2 Å². The molecule has 1 atom stereocenters. The molecule has 0 saturated carbocycles. The van der Waals surface area contributed by atoms with E-state index in [-0.39, 0.29) is 11.9 Å². The average Bonchev–Trinajstić information content (AvgIpc) is 2.43. The molecule has 18 heavy (non-hydrogen) atoms. The molecule has 1 aromatic rings. The molecule has 0 bridgehead atoms. The van der Waals surface area contributed by atoms with Crippen molar-refractivity contribution in [3.63, 3.8) is 0 Å². The number of hydrogen-bond donors (Lipinski definition) is 1. The summed E-state index contributed by atoms with van der Waals surface area (Å²) >= 11 is 0. The van der Waals surface area contributed by atoms with E-state index in [1.807, 2.05) is 6.07 Å². The van der Waals surface area contributed by atoms with Crippen LogP contribution in [0.25, 0.3) is 0 Å². The second-order valence-electron chi connectivity index (χ2n) is 3.72. The number of rotatable bonds is 6. The molecular formula is C14H14N2O2. The zero-order chi connectivity index (χ0) is 13.4. The normalized spacial score (nSPS) is 11.1. The van der Waals surface area contributed by atoms with E-state index in [1.54, 1.807) is 30.3 Å². The molecule has 0 aliphatic heterocycles. The Kier molecular flexibility index (Phi) is 5.33. The number of hydrogen-bond acceptors (Lipinski definition) is 3. The molecule has 1 aromatic carbocycles. The third-order valence-electron chi connectivity index (χ3n) is 2.50. The van der Waals surface area contributed by atoms with Gasteiger partial charge in [0.25, 0.3) is 5.91 Å². The quantitative estimate of drug-likeness (QED) is 0.613. The predicted octanol–water partition coefficient (Wildman–Crippen LogP) is 2.09. The number of nitrogens with one attached hydrogen (secondary N) is 1. The first-order chi connectivity index (χ1) is 8.72. The van der Waals surface area contributed by atoms with Gasteiger partial charge in [-0.15, -0.1) is 6.58 Å². The molecule has 1 unspecified atom stereocenters. The minimum atomic E-state index is -0.333. The molecule has 0 aliphatic rings. The van der Waals surface area contributed by atoms with E-state index >= 15 is 0 Å². The largest absolute Gasteiger partial charge is 0.346 e. The van der Waals surface area contributed by atoms with E-state index in [1.165, 1.54) is 0 Å². The molecule has 0 aliphatic carbocycles. The van der Waals surface area contributed by atoms with E-state index in [0.717, 1.165) is 0 Å². The fraction of sp³-hybridized carbons (Fsp3) is 0.214. The van der Waals surface area contributed by atoms with Gasteiger partial charge in [-0.1, -0.05) is 24.3 Å². The highest BCUT2D eigenvalue weighted by Gasteiger charge is 2.13. The van der Waals surface area contributed by atoms with Crippen LogP contribution in [-0.2, 0) is 0 Å². The molecule has 0 heterocycles. The average molecular weight is 242 g/mol. The summed E-state index contributed by atoms with van der Waals surface area (Å²) < 4.78 is 0. The van der Waals surface area contributed by atoms with Gasteiger partial charge in [0.1, 0.15) is 0 Å². The molecule has 0 spiro atoms. The monoisotopic (exact) mass is 242 g/mol. The molecule has 1 N–H and O–H groups in total. The van der Waals surface area contributed by atoms with Crippen molar-refractivity contribution in [3.8, 4) is 6.07 Å². The highest BCUT2D eigenvalue weighted by Crippen LogP contribution is 2.07. The summed E-state index contributed by atoms with van der Waals surface area (Å²) in [6.07, 6.45) is 3.08. The van der Waals surface area contributed by atoms with Gasteiger partial charge >= 0.3 is 0 Å². The Hall–Kier alpha value is -2.41. The fourth-order valence-electron chi connectivity index (χ4n) is 1.52. The zero-order valence-corrected chi connectivity index (χ0v) is 9.93. The summed E-state index contributed by atoms with van der Waals surface area (Å²) in [5.74, 6) is -0.333. The van der Waals surface area contributed by atoms with E-state index in [2.05, 4.69) is 11.9 Å². The van der Waals surface area contributed by atoms with Crippen molar-refractivity contribution in [2.45, 2.75) is 18.9 Å². The van der Waals surface area contributed by atoms with E-state index in [0.29, 0.717) is 30.3 Å². The smallest absolute Gasteiger partial charge is 0.252 e. The third-order valence-corrected chi connectivity index (χ3v) is 2.50. The standard InChI is InChI=1S/C14H14N2O2/c1-2-12(7-5-9-15)16-14(18)13-8-4-3-6-11(13)10-17/h2-4,6,8,10,12H,1,5,7H2,(H,16,18). The van der Waals surface area contributed by atoms with Gasteiger partial charge in [-0.3, -0.25) is 9.59 Å². The van der Waals surface area contributed by atoms with Gasteiger partial charge in [0.15, 0.2) is 6.29 Å². The molecule has 0 radical (unpaired) electrons. The number of aldehydes is 1. The summed E-state index contributed by atoms with van der Waals surface area (Å²) in [5.41, 5.74) is 0.675. The molecule has 0 saturated heterocycles. The van der Waals surface area contributed by atoms with Gasteiger partial charge in [-0.2, -0.15) is 5.26 Å². The summed E-state index contributed by atoms with van der Waals surface area (Å²) in [4.78, 5) is 22.8.